The SMILES string of the molecule is CCOC(OCC)C(=O)Cc1ccncc1.Nc1ncc(-c2ccccc2)nc1Cc1ccccc1.O=C1C(Cc2ccncc2)Nc2c(Cc3ccccc3)nc(-c3ccccc3)c[n+]21. The molecule has 0 saturated carbocycles. The summed E-state index contributed by atoms with van der Waals surface area (Å²) in [5.41, 5.74) is 15.7. The number of Topliss-reactive ketones (excluding diaryl/α,β-unsaturated/α-hetero) is 1. The van der Waals surface area contributed by atoms with Crippen LogP contribution in [-0.4, -0.2) is 62.2 Å². The lowest BCUT2D eigenvalue weighted by Gasteiger charge is -2.15. The van der Waals surface area contributed by atoms with E-state index in [4.69, 9.17) is 20.2 Å². The van der Waals surface area contributed by atoms with Gasteiger partial charge in [0.25, 0.3) is 0 Å². The van der Waals surface area contributed by atoms with Crippen molar-refractivity contribution >= 4 is 23.3 Å². The number of ether oxygens (including phenoxy) is 2. The van der Waals surface area contributed by atoms with Gasteiger partial charge in [0.2, 0.25) is 6.29 Å². The Morgan fingerprint density at radius 3 is 1.67 bits per heavy atom. The molecule has 0 fully saturated rings. The fourth-order valence-corrected chi connectivity index (χ4v) is 7.25. The molecule has 332 valence electrons. The second-order valence-corrected chi connectivity index (χ2v) is 15.3. The Bertz CT molecular complexity index is 2750. The second-order valence-electron chi connectivity index (χ2n) is 15.3. The number of hydrogen-bond donors (Lipinski definition) is 2. The molecule has 8 aromatic rings. The number of nitrogen functional groups attached to an aromatic ring is 1. The Morgan fingerprint density at radius 2 is 1.12 bits per heavy atom. The largest absolute Gasteiger partial charge is 0.382 e. The van der Waals surface area contributed by atoms with Crippen LogP contribution in [0, 0.1) is 0 Å². The highest BCUT2D eigenvalue weighted by atomic mass is 16.7. The molecule has 1 unspecified atom stereocenters. The van der Waals surface area contributed by atoms with Crippen LogP contribution < -0.4 is 15.6 Å². The summed E-state index contributed by atoms with van der Waals surface area (Å²) in [5.74, 6) is 1.25. The highest BCUT2D eigenvalue weighted by Gasteiger charge is 2.41. The van der Waals surface area contributed by atoms with Crippen molar-refractivity contribution in [2.45, 2.75) is 51.9 Å². The number of pyridine rings is 2. The summed E-state index contributed by atoms with van der Waals surface area (Å²) in [6.45, 7) is 4.61. The zero-order chi connectivity index (χ0) is 45.9. The number of aromatic nitrogens is 6. The molecule has 1 aliphatic rings. The average molecular weight is 878 g/mol. The number of nitrogens with zero attached hydrogens (tertiary/aromatic N) is 6. The van der Waals surface area contributed by atoms with E-state index in [1.54, 1.807) is 35.6 Å². The van der Waals surface area contributed by atoms with Crippen molar-refractivity contribution in [3.05, 3.63) is 216 Å². The van der Waals surface area contributed by atoms with Gasteiger partial charge in [-0.1, -0.05) is 121 Å². The minimum atomic E-state index is -0.747. The fraction of sp³-hybridized carbons (Fsp3) is 0.185. The van der Waals surface area contributed by atoms with Crippen LogP contribution in [-0.2, 0) is 40.0 Å². The van der Waals surface area contributed by atoms with Gasteiger partial charge in [-0.25, -0.2) is 19.7 Å². The number of nitrogens with two attached hydrogens (primary N) is 1. The molecule has 4 aromatic heterocycles. The fourth-order valence-electron chi connectivity index (χ4n) is 7.25. The lowest BCUT2D eigenvalue weighted by Crippen LogP contribution is -2.44. The van der Waals surface area contributed by atoms with Gasteiger partial charge in [0.1, 0.15) is 23.4 Å². The number of carbonyl (C=O) groups is 2. The van der Waals surface area contributed by atoms with Crippen LogP contribution in [0.1, 0.15) is 52.3 Å². The molecule has 12 nitrogen and oxygen atoms in total. The Labute approximate surface area is 385 Å². The quantitative estimate of drug-likeness (QED) is 0.0750. The zero-order valence-electron chi connectivity index (χ0n) is 37.1. The molecule has 9 rings (SSSR count). The van der Waals surface area contributed by atoms with E-state index in [9.17, 15) is 9.59 Å². The van der Waals surface area contributed by atoms with Gasteiger partial charge in [0, 0.05) is 74.8 Å². The van der Waals surface area contributed by atoms with Crippen molar-refractivity contribution in [2.75, 3.05) is 24.3 Å². The summed E-state index contributed by atoms with van der Waals surface area (Å²) in [6.07, 6.45) is 11.9. The number of hydrogen-bond acceptors (Lipinski definition) is 11. The number of ketones is 1. The van der Waals surface area contributed by atoms with E-state index in [-0.39, 0.29) is 17.7 Å². The van der Waals surface area contributed by atoms with Gasteiger partial charge in [0.05, 0.1) is 17.6 Å². The Balaban J connectivity index is 0.000000157. The molecule has 3 N–H and O–H groups in total. The van der Waals surface area contributed by atoms with Gasteiger partial charge in [-0.3, -0.25) is 20.1 Å². The van der Waals surface area contributed by atoms with Gasteiger partial charge in [-0.2, -0.15) is 4.57 Å². The lowest BCUT2D eigenvalue weighted by atomic mass is 10.1. The molecule has 0 aliphatic carbocycles. The first kappa shape index (κ1) is 46.2. The first-order chi connectivity index (χ1) is 32.4. The average Bonchev–Trinajstić information content (AvgIpc) is 3.68. The van der Waals surface area contributed by atoms with Gasteiger partial charge in [-0.05, 0) is 60.4 Å². The predicted octanol–water partition coefficient (Wildman–Crippen LogP) is 8.61. The number of carbonyl (C=O) groups excluding carboxylic acids is 2. The smallest absolute Gasteiger partial charge is 0.359 e. The third kappa shape index (κ3) is 12.9. The number of rotatable bonds is 15. The van der Waals surface area contributed by atoms with E-state index >= 15 is 0 Å². The molecule has 1 aliphatic heterocycles. The van der Waals surface area contributed by atoms with Crippen molar-refractivity contribution in [1.29, 1.82) is 0 Å². The summed E-state index contributed by atoms with van der Waals surface area (Å²) in [6, 6.07) is 47.5. The second kappa shape index (κ2) is 23.8. The summed E-state index contributed by atoms with van der Waals surface area (Å²) in [4.78, 5) is 46.9. The van der Waals surface area contributed by atoms with Gasteiger partial charge in [0.15, 0.2) is 11.8 Å². The Hall–Kier alpha value is -7.80. The maximum atomic E-state index is 13.2. The minimum Gasteiger partial charge on any atom is -0.382 e. The molecular weight excluding hydrogens is 825 g/mol. The summed E-state index contributed by atoms with van der Waals surface area (Å²) >= 11 is 0. The van der Waals surface area contributed by atoms with Crippen molar-refractivity contribution in [2.24, 2.45) is 0 Å². The van der Waals surface area contributed by atoms with Crippen LogP contribution in [0.5, 0.6) is 0 Å². The van der Waals surface area contributed by atoms with Crippen molar-refractivity contribution in [3.8, 4) is 22.5 Å². The molecular formula is C54H53N8O4+. The molecule has 1 atom stereocenters. The lowest BCUT2D eigenvalue weighted by molar-refractivity contribution is -0.552. The maximum Gasteiger partial charge on any atom is 0.359 e. The van der Waals surface area contributed by atoms with Crippen LogP contribution in [0.2, 0.25) is 0 Å². The zero-order valence-corrected chi connectivity index (χ0v) is 37.1. The highest BCUT2D eigenvalue weighted by Crippen LogP contribution is 2.25. The molecule has 0 amide bonds. The van der Waals surface area contributed by atoms with Crippen molar-refractivity contribution in [1.82, 2.24) is 24.9 Å². The third-order valence-corrected chi connectivity index (χ3v) is 10.5. The molecule has 5 heterocycles. The number of fused-ring (bicyclic) bond motifs is 1. The van der Waals surface area contributed by atoms with E-state index in [1.165, 1.54) is 5.56 Å². The first-order valence-electron chi connectivity index (χ1n) is 22.0. The van der Waals surface area contributed by atoms with Crippen LogP contribution in [0.25, 0.3) is 22.5 Å². The third-order valence-electron chi connectivity index (χ3n) is 10.5. The highest BCUT2D eigenvalue weighted by molar-refractivity contribution is 5.84. The van der Waals surface area contributed by atoms with Crippen LogP contribution in [0.4, 0.5) is 11.6 Å². The van der Waals surface area contributed by atoms with Crippen molar-refractivity contribution in [3.63, 3.8) is 0 Å². The monoisotopic (exact) mass is 877 g/mol. The predicted molar refractivity (Wildman–Crippen MR) is 256 cm³/mol. The number of benzene rings is 4. The van der Waals surface area contributed by atoms with E-state index < -0.39 is 6.29 Å². The van der Waals surface area contributed by atoms with Crippen LogP contribution in [0.15, 0.2) is 183 Å². The topological polar surface area (TPSA) is 159 Å². The van der Waals surface area contributed by atoms with Crippen molar-refractivity contribution < 1.29 is 23.6 Å². The molecule has 0 bridgehead atoms. The maximum absolute atomic E-state index is 13.2. The van der Waals surface area contributed by atoms with E-state index in [0.29, 0.717) is 44.7 Å². The summed E-state index contributed by atoms with van der Waals surface area (Å²) in [5, 5.41) is 3.43. The van der Waals surface area contributed by atoms with Crippen LogP contribution >= 0.6 is 0 Å². The molecule has 4 aromatic carbocycles. The van der Waals surface area contributed by atoms with Crippen LogP contribution in [0.3, 0.4) is 0 Å². The Kier molecular flexibility index (Phi) is 16.6. The molecule has 66 heavy (non-hydrogen) atoms. The standard InChI is InChI=1S/C25H20N4O.C17H15N3.C12H17NO3/c30-25-22(16-19-11-13-26-14-12-19)28-24-21(15-18-7-3-1-4-8-18)27-23(17-29(24)25)20-9-5-2-6-10-20;18-17-15(11-13-7-3-1-4-8-13)20-16(12-19-17)14-9-5-2-6-10-14;1-3-15-12(16-4-2)11(14)9-10-5-7-13-8-6-10/h1-14,17,22H,15-16H2;1-10,12H,11H2,(H2,18,19);5-8,12H,3-4,9H2,1-2H3/p+1. The summed E-state index contributed by atoms with van der Waals surface area (Å²) < 4.78 is 12.2. The molecule has 0 saturated heterocycles. The van der Waals surface area contributed by atoms with E-state index in [1.807, 2.05) is 141 Å². The first-order valence-corrected chi connectivity index (χ1v) is 22.0. The summed E-state index contributed by atoms with van der Waals surface area (Å²) in [7, 11) is 0. The number of nitrogens with one attached hydrogen (secondary N) is 1. The number of anilines is 2. The van der Waals surface area contributed by atoms with Gasteiger partial charge < -0.3 is 15.2 Å². The minimum absolute atomic E-state index is 0.0377. The van der Waals surface area contributed by atoms with Gasteiger partial charge in [-0.15, -0.1) is 0 Å². The molecule has 0 spiro atoms. The van der Waals surface area contributed by atoms with Gasteiger partial charge >= 0.3 is 11.7 Å². The Morgan fingerprint density at radius 1 is 0.636 bits per heavy atom. The molecule has 0 radical (unpaired) electrons. The van der Waals surface area contributed by atoms with E-state index in [0.717, 1.165) is 56.4 Å². The molecule has 12 heteroatoms. The van der Waals surface area contributed by atoms with E-state index in [2.05, 4.69) is 49.5 Å². The normalized spacial score (nSPS) is 12.5.